The molecule has 0 saturated heterocycles. The minimum Gasteiger partial charge on any atom is -0.480 e. The summed E-state index contributed by atoms with van der Waals surface area (Å²) in [6.07, 6.45) is 2.15. The van der Waals surface area contributed by atoms with Crippen LogP contribution in [0.25, 0.3) is 0 Å². The summed E-state index contributed by atoms with van der Waals surface area (Å²) in [7, 11) is 0. The maximum Gasteiger partial charge on any atom is 0.327 e. The molecule has 0 spiro atoms. The molecule has 0 unspecified atom stereocenters. The van der Waals surface area contributed by atoms with Gasteiger partial charge in [-0.05, 0) is 12.0 Å². The van der Waals surface area contributed by atoms with Gasteiger partial charge in [0.25, 0.3) is 0 Å². The molecule has 0 fully saturated rings. The molecule has 1 rings (SSSR count). The van der Waals surface area contributed by atoms with E-state index in [1.54, 1.807) is 6.08 Å². The highest BCUT2D eigenvalue weighted by atomic mass is 32.2. The lowest BCUT2D eigenvalue weighted by Crippen LogP contribution is -2.46. The van der Waals surface area contributed by atoms with Gasteiger partial charge in [0.15, 0.2) is 5.12 Å². The monoisotopic (exact) mass is 381 g/mol. The second-order valence-corrected chi connectivity index (χ2v) is 7.69. The second-order valence-electron chi connectivity index (χ2n) is 5.41. The van der Waals surface area contributed by atoms with Gasteiger partial charge in [0.2, 0.25) is 5.91 Å². The van der Waals surface area contributed by atoms with Crippen molar-refractivity contribution in [3.63, 3.8) is 0 Å². The molecule has 1 amide bonds. The SMILES string of the molecule is C=CCSC[C@H](NC(=O)[C@@H](CSC(C)=O)Cc1ccccc1)C(=O)O. The molecule has 2 atom stereocenters. The summed E-state index contributed by atoms with van der Waals surface area (Å²) in [6, 6.07) is 8.52. The summed E-state index contributed by atoms with van der Waals surface area (Å²) < 4.78 is 0. The number of nitrogens with one attached hydrogen (secondary N) is 1. The number of carbonyl (C=O) groups is 3. The molecule has 25 heavy (non-hydrogen) atoms. The summed E-state index contributed by atoms with van der Waals surface area (Å²) in [5.41, 5.74) is 0.972. The topological polar surface area (TPSA) is 83.5 Å². The number of hydrogen-bond acceptors (Lipinski definition) is 5. The van der Waals surface area contributed by atoms with Crippen LogP contribution >= 0.6 is 23.5 Å². The first-order valence-electron chi connectivity index (χ1n) is 7.83. The van der Waals surface area contributed by atoms with E-state index in [0.29, 0.717) is 17.9 Å². The van der Waals surface area contributed by atoms with Crippen LogP contribution in [0.2, 0.25) is 0 Å². The van der Waals surface area contributed by atoms with Crippen LogP contribution < -0.4 is 5.32 Å². The molecule has 0 aliphatic heterocycles. The third kappa shape index (κ3) is 8.79. The molecule has 0 saturated carbocycles. The van der Waals surface area contributed by atoms with Gasteiger partial charge in [0, 0.05) is 24.2 Å². The molecule has 0 aliphatic rings. The van der Waals surface area contributed by atoms with Gasteiger partial charge in [0.05, 0.1) is 5.92 Å². The van der Waals surface area contributed by atoms with Crippen molar-refractivity contribution in [2.24, 2.45) is 5.92 Å². The Morgan fingerprint density at radius 2 is 1.92 bits per heavy atom. The first kappa shape index (κ1) is 21.3. The van der Waals surface area contributed by atoms with Crippen LogP contribution in [0, 0.1) is 5.92 Å². The van der Waals surface area contributed by atoms with Crippen LogP contribution in [0.15, 0.2) is 43.0 Å². The third-order valence-corrected chi connectivity index (χ3v) is 5.33. The quantitative estimate of drug-likeness (QED) is 0.453. The molecule has 1 aromatic rings. The highest BCUT2D eigenvalue weighted by Crippen LogP contribution is 2.16. The van der Waals surface area contributed by atoms with E-state index < -0.39 is 17.9 Å². The second kappa shape index (κ2) is 11.8. The normalized spacial score (nSPS) is 12.8. The van der Waals surface area contributed by atoms with Crippen LogP contribution in [-0.4, -0.2) is 45.4 Å². The lowest BCUT2D eigenvalue weighted by molar-refractivity contribution is -0.141. The number of rotatable bonds is 11. The molecule has 2 N–H and O–H groups in total. The average Bonchev–Trinajstić information content (AvgIpc) is 2.58. The van der Waals surface area contributed by atoms with Crippen LogP contribution in [0.1, 0.15) is 12.5 Å². The number of hydrogen-bond donors (Lipinski definition) is 2. The zero-order chi connectivity index (χ0) is 18.7. The van der Waals surface area contributed by atoms with E-state index in [1.165, 1.54) is 18.7 Å². The van der Waals surface area contributed by atoms with E-state index in [2.05, 4.69) is 11.9 Å². The van der Waals surface area contributed by atoms with E-state index in [9.17, 15) is 19.5 Å². The molecule has 0 aliphatic carbocycles. The van der Waals surface area contributed by atoms with Gasteiger partial charge in [-0.25, -0.2) is 4.79 Å². The van der Waals surface area contributed by atoms with Crippen LogP contribution in [-0.2, 0) is 20.8 Å². The Labute approximate surface area is 156 Å². The fourth-order valence-corrected chi connectivity index (χ4v) is 3.55. The molecule has 1 aromatic carbocycles. The highest BCUT2D eigenvalue weighted by molar-refractivity contribution is 8.13. The van der Waals surface area contributed by atoms with E-state index in [0.717, 1.165) is 17.3 Å². The van der Waals surface area contributed by atoms with Crippen LogP contribution in [0.5, 0.6) is 0 Å². The number of aliphatic carboxylic acids is 1. The number of thioether (sulfide) groups is 2. The molecule has 0 heterocycles. The summed E-state index contributed by atoms with van der Waals surface area (Å²) in [5, 5.41) is 11.8. The third-order valence-electron chi connectivity index (χ3n) is 3.32. The molecule has 7 heteroatoms. The van der Waals surface area contributed by atoms with E-state index in [4.69, 9.17) is 0 Å². The van der Waals surface area contributed by atoms with Crippen molar-refractivity contribution in [1.82, 2.24) is 5.32 Å². The number of benzene rings is 1. The van der Waals surface area contributed by atoms with Gasteiger partial charge in [-0.15, -0.1) is 6.58 Å². The van der Waals surface area contributed by atoms with Crippen molar-refractivity contribution in [3.8, 4) is 0 Å². The summed E-state index contributed by atoms with van der Waals surface area (Å²) in [4.78, 5) is 35.2. The Hall–Kier alpha value is -1.73. The molecule has 0 radical (unpaired) electrons. The van der Waals surface area contributed by atoms with E-state index in [1.807, 2.05) is 30.3 Å². The predicted octanol–water partition coefficient (Wildman–Crippen LogP) is 2.61. The van der Waals surface area contributed by atoms with Gasteiger partial charge in [-0.1, -0.05) is 48.2 Å². The molecular formula is C18H23NO4S2. The Morgan fingerprint density at radius 3 is 2.48 bits per heavy atom. The summed E-state index contributed by atoms with van der Waals surface area (Å²) in [6.45, 7) is 5.04. The Kier molecular flexibility index (Phi) is 10.0. The highest BCUT2D eigenvalue weighted by Gasteiger charge is 2.26. The first-order valence-corrected chi connectivity index (χ1v) is 9.97. The zero-order valence-corrected chi connectivity index (χ0v) is 15.8. The minimum atomic E-state index is -1.07. The van der Waals surface area contributed by atoms with E-state index in [-0.39, 0.29) is 16.8 Å². The molecular weight excluding hydrogens is 358 g/mol. The predicted molar refractivity (Wildman–Crippen MR) is 104 cm³/mol. The molecule has 0 aromatic heterocycles. The molecule has 136 valence electrons. The number of carboxylic acid groups (broad SMARTS) is 1. The standard InChI is InChI=1S/C18H23NO4S2/c1-3-9-24-12-16(18(22)23)19-17(21)15(11-25-13(2)20)10-14-7-5-4-6-8-14/h3-8,15-16H,1,9-12H2,2H3,(H,19,21)(H,22,23)/t15-,16+/m1/s1. The van der Waals surface area contributed by atoms with Crippen molar-refractivity contribution in [2.45, 2.75) is 19.4 Å². The number of carboxylic acids is 1. The fraction of sp³-hybridized carbons (Fsp3) is 0.389. The average molecular weight is 382 g/mol. The smallest absolute Gasteiger partial charge is 0.327 e. The Balaban J connectivity index is 2.76. The lowest BCUT2D eigenvalue weighted by atomic mass is 10.00. The van der Waals surface area contributed by atoms with Crippen molar-refractivity contribution in [3.05, 3.63) is 48.6 Å². The minimum absolute atomic E-state index is 0.0674. The summed E-state index contributed by atoms with van der Waals surface area (Å²) >= 11 is 2.47. The first-order chi connectivity index (χ1) is 11.9. The van der Waals surface area contributed by atoms with Gasteiger partial charge in [-0.3, -0.25) is 9.59 Å². The number of amides is 1. The van der Waals surface area contributed by atoms with Gasteiger partial charge < -0.3 is 10.4 Å². The maximum atomic E-state index is 12.6. The summed E-state index contributed by atoms with van der Waals surface area (Å²) in [5.74, 6) is -0.671. The van der Waals surface area contributed by atoms with Crippen LogP contribution in [0.3, 0.4) is 0 Å². The van der Waals surface area contributed by atoms with E-state index >= 15 is 0 Å². The molecule has 5 nitrogen and oxygen atoms in total. The zero-order valence-electron chi connectivity index (χ0n) is 14.1. The largest absolute Gasteiger partial charge is 0.480 e. The number of carbonyl (C=O) groups excluding carboxylic acids is 2. The van der Waals surface area contributed by atoms with Crippen molar-refractivity contribution in [2.75, 3.05) is 17.3 Å². The lowest BCUT2D eigenvalue weighted by Gasteiger charge is -2.20. The van der Waals surface area contributed by atoms with Crippen molar-refractivity contribution >= 4 is 40.5 Å². The van der Waals surface area contributed by atoms with Crippen molar-refractivity contribution < 1.29 is 19.5 Å². The Bertz CT molecular complexity index is 592. The fourth-order valence-electron chi connectivity index (χ4n) is 2.08. The van der Waals surface area contributed by atoms with Gasteiger partial charge in [-0.2, -0.15) is 11.8 Å². The Morgan fingerprint density at radius 1 is 1.24 bits per heavy atom. The van der Waals surface area contributed by atoms with Gasteiger partial charge >= 0.3 is 5.97 Å². The van der Waals surface area contributed by atoms with Crippen molar-refractivity contribution in [1.29, 1.82) is 0 Å². The maximum absolute atomic E-state index is 12.6. The van der Waals surface area contributed by atoms with Gasteiger partial charge in [0.1, 0.15) is 6.04 Å². The molecule has 0 bridgehead atoms. The van der Waals surface area contributed by atoms with Crippen LogP contribution in [0.4, 0.5) is 0 Å².